The highest BCUT2D eigenvalue weighted by molar-refractivity contribution is 8.00. The molecule has 0 saturated carbocycles. The molecule has 1 aliphatic rings. The number of furan rings is 1. The number of anilines is 1. The van der Waals surface area contributed by atoms with Gasteiger partial charge < -0.3 is 19.0 Å². The second-order valence-electron chi connectivity index (χ2n) is 8.22. The van der Waals surface area contributed by atoms with Gasteiger partial charge in [-0.3, -0.25) is 14.5 Å². The van der Waals surface area contributed by atoms with Crippen molar-refractivity contribution in [2.45, 2.75) is 23.1 Å². The Morgan fingerprint density at radius 2 is 2.00 bits per heavy atom. The summed E-state index contributed by atoms with van der Waals surface area (Å²) in [5, 5.41) is 19.4. The minimum absolute atomic E-state index is 0.0347. The summed E-state index contributed by atoms with van der Waals surface area (Å²) in [4.78, 5) is 28.0. The SMILES string of the molecule is CCOc1ccc(C2C(C(=O)c3ccco3)=C(O)C(=O)N2c2nnc(SCc3ccccc3F)s2)cc1OC. The van der Waals surface area contributed by atoms with Gasteiger partial charge in [-0.05, 0) is 48.4 Å². The number of Topliss-reactive ketones (excluding diaryl/α,β-unsaturated/α-hetero) is 1. The second-order valence-corrected chi connectivity index (χ2v) is 10.4. The molecule has 5 rings (SSSR count). The Balaban J connectivity index is 1.53. The molecule has 1 amide bonds. The van der Waals surface area contributed by atoms with E-state index in [1.807, 2.05) is 6.92 Å². The fraction of sp³-hybridized carbons (Fsp3) is 0.185. The number of hydrogen-bond acceptors (Lipinski definition) is 10. The van der Waals surface area contributed by atoms with E-state index in [0.717, 1.165) is 11.3 Å². The number of benzene rings is 2. The van der Waals surface area contributed by atoms with E-state index in [9.17, 15) is 19.1 Å². The van der Waals surface area contributed by atoms with Gasteiger partial charge in [-0.2, -0.15) is 0 Å². The predicted molar refractivity (Wildman–Crippen MR) is 143 cm³/mol. The molecule has 1 N–H and O–H groups in total. The summed E-state index contributed by atoms with van der Waals surface area (Å²) in [5.74, 6) is -1.37. The molecule has 0 aliphatic carbocycles. The summed E-state index contributed by atoms with van der Waals surface area (Å²) in [6, 6.07) is 13.3. The van der Waals surface area contributed by atoms with Gasteiger partial charge in [0, 0.05) is 5.75 Å². The topological polar surface area (TPSA) is 115 Å². The Morgan fingerprint density at radius 1 is 1.18 bits per heavy atom. The van der Waals surface area contributed by atoms with Crippen LogP contribution >= 0.6 is 23.1 Å². The van der Waals surface area contributed by atoms with Gasteiger partial charge >= 0.3 is 0 Å². The van der Waals surface area contributed by atoms with E-state index in [2.05, 4.69) is 10.2 Å². The molecule has 0 bridgehead atoms. The Labute approximate surface area is 230 Å². The van der Waals surface area contributed by atoms with Crippen LogP contribution in [-0.2, 0) is 10.5 Å². The largest absolute Gasteiger partial charge is 0.503 e. The standard InChI is InChI=1S/C27H22FN3O6S2/c1-3-36-18-11-10-15(13-20(18)35-2)22-21(23(32)19-9-6-12-37-19)24(33)25(34)31(22)26-29-30-27(39-26)38-14-16-7-4-5-8-17(16)28/h4-13,22,33H,3,14H2,1-2H3. The number of rotatable bonds is 10. The molecule has 4 aromatic rings. The first kappa shape index (κ1) is 26.4. The molecule has 12 heteroatoms. The monoisotopic (exact) mass is 567 g/mol. The fourth-order valence-electron chi connectivity index (χ4n) is 4.13. The molecule has 0 saturated heterocycles. The molecule has 39 heavy (non-hydrogen) atoms. The summed E-state index contributed by atoms with van der Waals surface area (Å²) >= 11 is 2.34. The van der Waals surface area contributed by atoms with Crippen molar-refractivity contribution >= 4 is 39.9 Å². The van der Waals surface area contributed by atoms with Gasteiger partial charge in [0.1, 0.15) is 5.82 Å². The fourth-order valence-corrected chi connectivity index (χ4v) is 5.99. The normalized spacial score (nSPS) is 15.2. The van der Waals surface area contributed by atoms with Crippen molar-refractivity contribution in [1.82, 2.24) is 10.2 Å². The van der Waals surface area contributed by atoms with Gasteiger partial charge in [0.25, 0.3) is 5.91 Å². The van der Waals surface area contributed by atoms with Crippen LogP contribution in [0.2, 0.25) is 0 Å². The van der Waals surface area contributed by atoms with Crippen LogP contribution in [-0.4, -0.2) is 40.7 Å². The zero-order chi connectivity index (χ0) is 27.5. The number of ketones is 1. The van der Waals surface area contributed by atoms with Crippen molar-refractivity contribution in [3.8, 4) is 11.5 Å². The number of nitrogens with zero attached hydrogens (tertiary/aromatic N) is 3. The van der Waals surface area contributed by atoms with Crippen molar-refractivity contribution in [3.63, 3.8) is 0 Å². The minimum Gasteiger partial charge on any atom is -0.503 e. The lowest BCUT2D eigenvalue weighted by Crippen LogP contribution is -2.31. The minimum atomic E-state index is -1.06. The second kappa shape index (κ2) is 11.3. The van der Waals surface area contributed by atoms with Gasteiger partial charge in [0.15, 0.2) is 27.4 Å². The summed E-state index contributed by atoms with van der Waals surface area (Å²) in [6.45, 7) is 2.24. The summed E-state index contributed by atoms with van der Waals surface area (Å²) < 4.78 is 30.9. The van der Waals surface area contributed by atoms with Crippen molar-refractivity contribution in [2.75, 3.05) is 18.6 Å². The van der Waals surface area contributed by atoms with Crippen LogP contribution in [0.5, 0.6) is 11.5 Å². The molecule has 1 unspecified atom stereocenters. The van der Waals surface area contributed by atoms with Crippen LogP contribution in [0, 0.1) is 5.82 Å². The highest BCUT2D eigenvalue weighted by Gasteiger charge is 2.47. The molecule has 9 nitrogen and oxygen atoms in total. The lowest BCUT2D eigenvalue weighted by atomic mass is 9.95. The molecular weight excluding hydrogens is 545 g/mol. The Kier molecular flexibility index (Phi) is 7.66. The van der Waals surface area contributed by atoms with Crippen LogP contribution in [0.25, 0.3) is 0 Å². The van der Waals surface area contributed by atoms with Crippen LogP contribution in [0.4, 0.5) is 9.52 Å². The lowest BCUT2D eigenvalue weighted by molar-refractivity contribution is -0.117. The molecule has 0 fully saturated rings. The molecular formula is C27H22FN3O6S2. The van der Waals surface area contributed by atoms with Crippen LogP contribution in [0.3, 0.4) is 0 Å². The van der Waals surface area contributed by atoms with Gasteiger partial charge in [0.2, 0.25) is 10.9 Å². The maximum absolute atomic E-state index is 14.1. The number of carbonyl (C=O) groups is 2. The average Bonchev–Trinajstić information content (AvgIpc) is 3.69. The van der Waals surface area contributed by atoms with E-state index in [1.165, 1.54) is 48.2 Å². The average molecular weight is 568 g/mol. The molecule has 3 heterocycles. The number of aliphatic hydroxyl groups excluding tert-OH is 1. The van der Waals surface area contributed by atoms with E-state index in [0.29, 0.717) is 39.3 Å². The number of hydrogen-bond donors (Lipinski definition) is 1. The molecule has 0 spiro atoms. The quantitative estimate of drug-likeness (QED) is 0.145. The van der Waals surface area contributed by atoms with Gasteiger partial charge in [-0.1, -0.05) is 47.4 Å². The predicted octanol–water partition coefficient (Wildman–Crippen LogP) is 5.75. The number of carbonyl (C=O) groups excluding carboxylic acids is 2. The summed E-state index contributed by atoms with van der Waals surface area (Å²) in [7, 11) is 1.48. The number of thioether (sulfide) groups is 1. The van der Waals surface area contributed by atoms with Crippen molar-refractivity contribution in [2.24, 2.45) is 0 Å². The smallest absolute Gasteiger partial charge is 0.296 e. The van der Waals surface area contributed by atoms with Crippen molar-refractivity contribution in [1.29, 1.82) is 0 Å². The first-order valence-corrected chi connectivity index (χ1v) is 13.6. The first-order valence-electron chi connectivity index (χ1n) is 11.8. The third kappa shape index (κ3) is 5.12. The summed E-state index contributed by atoms with van der Waals surface area (Å²) in [6.07, 6.45) is 1.33. The third-order valence-corrected chi connectivity index (χ3v) is 8.02. The molecule has 1 aliphatic heterocycles. The number of amides is 1. The number of aliphatic hydroxyl groups is 1. The number of ether oxygens (including phenoxy) is 2. The Morgan fingerprint density at radius 3 is 2.72 bits per heavy atom. The molecule has 1 atom stereocenters. The first-order chi connectivity index (χ1) is 18.9. The van der Waals surface area contributed by atoms with Gasteiger partial charge in [0.05, 0.1) is 31.6 Å². The van der Waals surface area contributed by atoms with Crippen LogP contribution in [0.15, 0.2) is 80.9 Å². The highest BCUT2D eigenvalue weighted by atomic mass is 32.2. The maximum Gasteiger partial charge on any atom is 0.296 e. The number of halogens is 1. The van der Waals surface area contributed by atoms with E-state index in [-0.39, 0.29) is 22.3 Å². The van der Waals surface area contributed by atoms with Crippen LogP contribution < -0.4 is 14.4 Å². The molecule has 2 aromatic carbocycles. The Bertz CT molecular complexity index is 1550. The summed E-state index contributed by atoms with van der Waals surface area (Å²) in [5.41, 5.74) is 0.803. The highest BCUT2D eigenvalue weighted by Crippen LogP contribution is 2.45. The van der Waals surface area contributed by atoms with Gasteiger partial charge in [-0.15, -0.1) is 10.2 Å². The van der Waals surface area contributed by atoms with E-state index >= 15 is 0 Å². The van der Waals surface area contributed by atoms with E-state index in [4.69, 9.17) is 13.9 Å². The molecule has 0 radical (unpaired) electrons. The lowest BCUT2D eigenvalue weighted by Gasteiger charge is -2.24. The molecule has 2 aromatic heterocycles. The van der Waals surface area contributed by atoms with E-state index < -0.39 is 23.5 Å². The zero-order valence-corrected chi connectivity index (χ0v) is 22.4. The number of methoxy groups -OCH3 is 1. The third-order valence-electron chi connectivity index (χ3n) is 5.91. The Hall–Kier alpha value is -4.16. The maximum atomic E-state index is 14.1. The van der Waals surface area contributed by atoms with Gasteiger partial charge in [-0.25, -0.2) is 4.39 Å². The van der Waals surface area contributed by atoms with E-state index in [1.54, 1.807) is 36.4 Å². The number of aromatic nitrogens is 2. The van der Waals surface area contributed by atoms with Crippen molar-refractivity contribution < 1.29 is 33.0 Å². The van der Waals surface area contributed by atoms with Crippen LogP contribution in [0.1, 0.15) is 34.6 Å². The zero-order valence-electron chi connectivity index (χ0n) is 20.8. The van der Waals surface area contributed by atoms with Crippen molar-refractivity contribution in [3.05, 3.63) is 94.9 Å². The molecule has 200 valence electrons.